The maximum absolute atomic E-state index is 12.5. The van der Waals surface area contributed by atoms with Crippen molar-refractivity contribution in [3.63, 3.8) is 0 Å². The van der Waals surface area contributed by atoms with Crippen molar-refractivity contribution in [2.45, 2.75) is 30.8 Å². The van der Waals surface area contributed by atoms with Gasteiger partial charge >= 0.3 is 0 Å². The van der Waals surface area contributed by atoms with Crippen LogP contribution in [0.1, 0.15) is 29.9 Å². The smallest absolute Gasteiger partial charge is 0.252 e. The van der Waals surface area contributed by atoms with Gasteiger partial charge < -0.3 is 15.2 Å². The van der Waals surface area contributed by atoms with Crippen molar-refractivity contribution in [3.05, 3.63) is 71.8 Å². The Morgan fingerprint density at radius 3 is 2.28 bits per heavy atom. The van der Waals surface area contributed by atoms with Crippen LogP contribution in [-0.4, -0.2) is 36.4 Å². The molecule has 0 spiro atoms. The van der Waals surface area contributed by atoms with Gasteiger partial charge in [0.1, 0.15) is 5.60 Å². The molecule has 4 nitrogen and oxygen atoms in total. The molecule has 2 aromatic rings. The van der Waals surface area contributed by atoms with Crippen molar-refractivity contribution in [1.82, 2.24) is 5.32 Å². The van der Waals surface area contributed by atoms with Crippen LogP contribution in [0, 0.1) is 0 Å². The number of carbonyl (C=O) groups excluding carboxylic acids is 1. The Labute approximate surface area is 148 Å². The molecule has 2 N–H and O–H groups in total. The van der Waals surface area contributed by atoms with Crippen LogP contribution in [0.4, 0.5) is 0 Å². The topological polar surface area (TPSA) is 58.6 Å². The molecule has 0 saturated carbocycles. The first-order valence-corrected chi connectivity index (χ1v) is 8.85. The number of rotatable bonds is 6. The number of amides is 1. The first-order valence-electron chi connectivity index (χ1n) is 8.85. The number of hydrogen-bond acceptors (Lipinski definition) is 3. The predicted molar refractivity (Wildman–Crippen MR) is 97.3 cm³/mol. The number of ether oxygens (including phenoxy) is 1. The van der Waals surface area contributed by atoms with Gasteiger partial charge in [-0.1, -0.05) is 60.7 Å². The summed E-state index contributed by atoms with van der Waals surface area (Å²) in [7, 11) is 0. The monoisotopic (exact) mass is 339 g/mol. The standard InChI is InChI=1S/C21H25NO3/c23-20(21(24)11-13-25-14-12-21)22-16-19(18-9-5-2-6-10-18)15-17-7-3-1-4-8-17/h1-10,19,24H,11-16H2,(H,22,23)/t19-/m1/s1. The Hall–Kier alpha value is -2.17. The summed E-state index contributed by atoms with van der Waals surface area (Å²) in [6.07, 6.45) is 1.55. The van der Waals surface area contributed by atoms with Crippen LogP contribution in [-0.2, 0) is 16.0 Å². The average Bonchev–Trinajstić information content (AvgIpc) is 2.67. The fourth-order valence-electron chi connectivity index (χ4n) is 3.25. The van der Waals surface area contributed by atoms with Crippen molar-refractivity contribution < 1.29 is 14.6 Å². The number of nitrogens with one attached hydrogen (secondary N) is 1. The summed E-state index contributed by atoms with van der Waals surface area (Å²) in [4.78, 5) is 12.5. The van der Waals surface area contributed by atoms with Crippen LogP contribution in [0.15, 0.2) is 60.7 Å². The normalized spacial score (nSPS) is 17.6. The van der Waals surface area contributed by atoms with E-state index in [1.807, 2.05) is 36.4 Å². The maximum Gasteiger partial charge on any atom is 0.252 e. The van der Waals surface area contributed by atoms with E-state index in [1.165, 1.54) is 11.1 Å². The van der Waals surface area contributed by atoms with Crippen molar-refractivity contribution in [3.8, 4) is 0 Å². The zero-order valence-corrected chi connectivity index (χ0v) is 14.4. The quantitative estimate of drug-likeness (QED) is 0.851. The highest BCUT2D eigenvalue weighted by atomic mass is 16.5. The molecule has 0 aliphatic carbocycles. The second-order valence-corrected chi connectivity index (χ2v) is 6.65. The molecule has 0 radical (unpaired) electrons. The third kappa shape index (κ3) is 4.68. The van der Waals surface area contributed by atoms with Crippen LogP contribution < -0.4 is 5.32 Å². The molecule has 2 aromatic carbocycles. The molecule has 1 aliphatic rings. The van der Waals surface area contributed by atoms with Gasteiger partial charge in [0.2, 0.25) is 0 Å². The van der Waals surface area contributed by atoms with Gasteiger partial charge in [0.05, 0.1) is 0 Å². The molecule has 1 heterocycles. The minimum absolute atomic E-state index is 0.163. The van der Waals surface area contributed by atoms with Crippen LogP contribution in [0.2, 0.25) is 0 Å². The maximum atomic E-state index is 12.5. The molecule has 132 valence electrons. The lowest BCUT2D eigenvalue weighted by atomic mass is 9.90. The van der Waals surface area contributed by atoms with Crippen LogP contribution in [0.5, 0.6) is 0 Å². The van der Waals surface area contributed by atoms with Gasteiger partial charge in [-0.05, 0) is 17.5 Å². The molecular formula is C21H25NO3. The van der Waals surface area contributed by atoms with Crippen molar-refractivity contribution >= 4 is 5.91 Å². The van der Waals surface area contributed by atoms with Gasteiger partial charge in [-0.25, -0.2) is 0 Å². The van der Waals surface area contributed by atoms with Crippen molar-refractivity contribution in [2.24, 2.45) is 0 Å². The molecular weight excluding hydrogens is 314 g/mol. The van der Waals surface area contributed by atoms with Gasteiger partial charge in [-0.3, -0.25) is 4.79 Å². The summed E-state index contributed by atoms with van der Waals surface area (Å²) in [6, 6.07) is 20.5. The highest BCUT2D eigenvalue weighted by Crippen LogP contribution is 2.23. The van der Waals surface area contributed by atoms with Crippen LogP contribution in [0.25, 0.3) is 0 Å². The molecule has 1 aliphatic heterocycles. The number of hydrogen-bond donors (Lipinski definition) is 2. The number of benzene rings is 2. The Kier molecular flexibility index (Phi) is 5.84. The highest BCUT2D eigenvalue weighted by molar-refractivity contribution is 5.85. The van der Waals surface area contributed by atoms with E-state index in [-0.39, 0.29) is 11.8 Å². The lowest BCUT2D eigenvalue weighted by Crippen LogP contribution is -2.51. The van der Waals surface area contributed by atoms with E-state index >= 15 is 0 Å². The molecule has 0 aromatic heterocycles. The fraction of sp³-hybridized carbons (Fsp3) is 0.381. The van der Waals surface area contributed by atoms with Crippen molar-refractivity contribution in [1.29, 1.82) is 0 Å². The highest BCUT2D eigenvalue weighted by Gasteiger charge is 2.37. The van der Waals surface area contributed by atoms with Crippen LogP contribution in [0.3, 0.4) is 0 Å². The molecule has 3 rings (SSSR count). The minimum Gasteiger partial charge on any atom is -0.381 e. The molecule has 1 atom stereocenters. The summed E-state index contributed by atoms with van der Waals surface area (Å²) in [6.45, 7) is 1.35. The predicted octanol–water partition coefficient (Wildman–Crippen LogP) is 2.67. The largest absolute Gasteiger partial charge is 0.381 e. The van der Waals surface area contributed by atoms with E-state index in [9.17, 15) is 9.90 Å². The molecule has 4 heteroatoms. The Balaban J connectivity index is 1.68. The van der Waals surface area contributed by atoms with E-state index in [4.69, 9.17) is 4.74 Å². The molecule has 0 bridgehead atoms. The zero-order valence-electron chi connectivity index (χ0n) is 14.4. The first-order chi connectivity index (χ1) is 12.2. The fourth-order valence-corrected chi connectivity index (χ4v) is 3.25. The average molecular weight is 339 g/mol. The van der Waals surface area contributed by atoms with Gasteiger partial charge in [0.25, 0.3) is 5.91 Å². The van der Waals surface area contributed by atoms with Crippen LogP contribution >= 0.6 is 0 Å². The first kappa shape index (κ1) is 17.6. The van der Waals surface area contributed by atoms with E-state index in [0.717, 1.165) is 6.42 Å². The Morgan fingerprint density at radius 1 is 1.04 bits per heavy atom. The molecule has 0 unspecified atom stereocenters. The van der Waals surface area contributed by atoms with E-state index < -0.39 is 5.60 Å². The second kappa shape index (κ2) is 8.28. The zero-order chi connectivity index (χ0) is 17.5. The summed E-state index contributed by atoms with van der Waals surface area (Å²) in [5, 5.41) is 13.5. The van der Waals surface area contributed by atoms with Gasteiger partial charge in [-0.15, -0.1) is 0 Å². The lowest BCUT2D eigenvalue weighted by Gasteiger charge is -2.31. The second-order valence-electron chi connectivity index (χ2n) is 6.65. The third-order valence-corrected chi connectivity index (χ3v) is 4.85. The SMILES string of the molecule is O=C(NC[C@@H](Cc1ccccc1)c1ccccc1)C1(O)CCOCC1. The molecule has 1 fully saturated rings. The number of carbonyl (C=O) groups is 1. The van der Waals surface area contributed by atoms with E-state index in [0.29, 0.717) is 32.6 Å². The number of aliphatic hydroxyl groups is 1. The van der Waals surface area contributed by atoms with E-state index in [2.05, 4.69) is 29.6 Å². The third-order valence-electron chi connectivity index (χ3n) is 4.85. The lowest BCUT2D eigenvalue weighted by molar-refractivity contribution is -0.149. The molecule has 25 heavy (non-hydrogen) atoms. The van der Waals surface area contributed by atoms with Gasteiger partial charge in [0, 0.05) is 38.5 Å². The van der Waals surface area contributed by atoms with Gasteiger partial charge in [-0.2, -0.15) is 0 Å². The summed E-state index contributed by atoms with van der Waals surface area (Å²) in [5.74, 6) is -0.124. The Bertz CT molecular complexity index is 666. The Morgan fingerprint density at radius 2 is 1.64 bits per heavy atom. The molecule has 1 saturated heterocycles. The van der Waals surface area contributed by atoms with Crippen molar-refractivity contribution in [2.75, 3.05) is 19.8 Å². The minimum atomic E-state index is -1.30. The van der Waals surface area contributed by atoms with E-state index in [1.54, 1.807) is 0 Å². The van der Waals surface area contributed by atoms with Gasteiger partial charge in [0.15, 0.2) is 0 Å². The molecule has 1 amide bonds. The summed E-state index contributed by atoms with van der Waals surface area (Å²) >= 11 is 0. The summed E-state index contributed by atoms with van der Waals surface area (Å²) < 4.78 is 5.25. The summed E-state index contributed by atoms with van der Waals surface area (Å²) in [5.41, 5.74) is 1.12.